The van der Waals surface area contributed by atoms with Crippen LogP contribution < -0.4 is 20.7 Å². The minimum Gasteiger partial charge on any atom is -0.496 e. The van der Waals surface area contributed by atoms with Crippen LogP contribution in [0.1, 0.15) is 25.3 Å². The van der Waals surface area contributed by atoms with Crippen LogP contribution in [0.25, 0.3) is 0 Å². The molecule has 1 atom stereocenters. The monoisotopic (exact) mass is 320 g/mol. The maximum absolute atomic E-state index is 12.4. The number of ether oxygens (including phenoxy) is 1. The molecule has 1 aromatic rings. The number of carbonyl (C=O) groups excluding carboxylic acids is 2. The number of rotatable bonds is 6. The highest BCUT2D eigenvalue weighted by Gasteiger charge is 2.31. The number of likely N-dealkylation sites (tertiary alicyclic amines) is 1. The molecule has 2 amide bonds. The van der Waals surface area contributed by atoms with Crippen molar-refractivity contribution in [2.45, 2.75) is 32.4 Å². The first kappa shape index (κ1) is 17.3. The highest BCUT2D eigenvalue weighted by atomic mass is 16.5. The van der Waals surface area contributed by atoms with Crippen LogP contribution in [-0.4, -0.2) is 38.1 Å². The molecule has 4 N–H and O–H groups in total. The second-order valence-electron chi connectivity index (χ2n) is 6.09. The van der Waals surface area contributed by atoms with E-state index in [2.05, 4.69) is 5.32 Å². The third kappa shape index (κ3) is 4.45. The second kappa shape index (κ2) is 7.97. The van der Waals surface area contributed by atoms with Crippen LogP contribution in [0, 0.1) is 5.92 Å². The molecule has 0 unspecified atom stereocenters. The van der Waals surface area contributed by atoms with Crippen molar-refractivity contribution in [1.29, 1.82) is 0 Å². The van der Waals surface area contributed by atoms with Crippen LogP contribution in [0.15, 0.2) is 24.3 Å². The molecule has 2 rings (SSSR count). The molecule has 1 saturated heterocycles. The smallest absolute Gasteiger partial charge is 0.278 e. The van der Waals surface area contributed by atoms with Crippen LogP contribution >= 0.6 is 0 Å². The zero-order chi connectivity index (χ0) is 16.8. The molecule has 0 aromatic heterocycles. The Morgan fingerprint density at radius 1 is 1.35 bits per heavy atom. The number of carbonyl (C=O) groups is 2. The maximum atomic E-state index is 12.4. The average molecular weight is 320 g/mol. The van der Waals surface area contributed by atoms with Gasteiger partial charge < -0.3 is 20.7 Å². The molecule has 6 heteroatoms. The molecule has 1 heterocycles. The molecule has 0 spiro atoms. The molecular formula is C17H26N3O3+. The molecule has 0 aliphatic carbocycles. The van der Waals surface area contributed by atoms with Gasteiger partial charge in [-0.15, -0.1) is 0 Å². The number of primary amides is 1. The van der Waals surface area contributed by atoms with E-state index >= 15 is 0 Å². The summed E-state index contributed by atoms with van der Waals surface area (Å²) in [5.74, 6) is 0.526. The summed E-state index contributed by atoms with van der Waals surface area (Å²) >= 11 is 0. The molecule has 23 heavy (non-hydrogen) atoms. The molecule has 0 bridgehead atoms. The van der Waals surface area contributed by atoms with E-state index in [0.29, 0.717) is 6.54 Å². The van der Waals surface area contributed by atoms with Gasteiger partial charge in [0.05, 0.1) is 20.2 Å². The van der Waals surface area contributed by atoms with Gasteiger partial charge >= 0.3 is 0 Å². The van der Waals surface area contributed by atoms with Crippen LogP contribution in [-0.2, 0) is 16.1 Å². The van der Waals surface area contributed by atoms with Gasteiger partial charge in [-0.05, 0) is 13.0 Å². The van der Waals surface area contributed by atoms with Gasteiger partial charge in [0.15, 0.2) is 6.04 Å². The predicted octanol–water partition coefficient (Wildman–Crippen LogP) is -0.520. The van der Waals surface area contributed by atoms with Crippen molar-refractivity contribution in [3.8, 4) is 5.75 Å². The van der Waals surface area contributed by atoms with Gasteiger partial charge in [0.2, 0.25) is 5.91 Å². The van der Waals surface area contributed by atoms with Crippen LogP contribution in [0.2, 0.25) is 0 Å². The molecule has 1 aromatic carbocycles. The van der Waals surface area contributed by atoms with E-state index in [0.717, 1.165) is 37.2 Å². The highest BCUT2D eigenvalue weighted by Crippen LogP contribution is 2.16. The molecule has 126 valence electrons. The Kier molecular flexibility index (Phi) is 5.98. The quantitative estimate of drug-likeness (QED) is 0.659. The number of hydrogen-bond acceptors (Lipinski definition) is 3. The van der Waals surface area contributed by atoms with Gasteiger partial charge in [-0.1, -0.05) is 18.2 Å². The van der Waals surface area contributed by atoms with Gasteiger partial charge in [-0.2, -0.15) is 0 Å². The van der Waals surface area contributed by atoms with E-state index < -0.39 is 0 Å². The summed E-state index contributed by atoms with van der Waals surface area (Å²) in [5.41, 5.74) is 6.31. The molecule has 1 aliphatic heterocycles. The zero-order valence-corrected chi connectivity index (χ0v) is 13.8. The van der Waals surface area contributed by atoms with E-state index in [-0.39, 0.29) is 23.8 Å². The summed E-state index contributed by atoms with van der Waals surface area (Å²) in [6.07, 6.45) is 1.52. The lowest BCUT2D eigenvalue weighted by Crippen LogP contribution is -3.17. The first-order valence-corrected chi connectivity index (χ1v) is 8.06. The number of piperidine rings is 1. The van der Waals surface area contributed by atoms with E-state index in [1.807, 2.05) is 31.2 Å². The van der Waals surface area contributed by atoms with Gasteiger partial charge in [0, 0.05) is 30.9 Å². The minimum atomic E-state index is -0.225. The Morgan fingerprint density at radius 3 is 2.61 bits per heavy atom. The Balaban J connectivity index is 1.85. The molecule has 0 saturated carbocycles. The van der Waals surface area contributed by atoms with Gasteiger partial charge in [0.1, 0.15) is 5.75 Å². The predicted molar refractivity (Wildman–Crippen MR) is 86.9 cm³/mol. The van der Waals surface area contributed by atoms with Crippen molar-refractivity contribution in [2.75, 3.05) is 20.2 Å². The lowest BCUT2D eigenvalue weighted by atomic mass is 9.95. The number of para-hydroxylation sites is 1. The molecular weight excluding hydrogens is 294 g/mol. The number of benzene rings is 1. The number of nitrogens with one attached hydrogen (secondary N) is 2. The molecule has 0 radical (unpaired) electrons. The third-order valence-electron chi connectivity index (χ3n) is 4.68. The summed E-state index contributed by atoms with van der Waals surface area (Å²) in [7, 11) is 1.62. The van der Waals surface area contributed by atoms with E-state index in [9.17, 15) is 9.59 Å². The van der Waals surface area contributed by atoms with E-state index in [1.54, 1.807) is 7.11 Å². The van der Waals surface area contributed by atoms with Crippen molar-refractivity contribution < 1.29 is 19.2 Å². The minimum absolute atomic E-state index is 0.0171. The zero-order valence-electron chi connectivity index (χ0n) is 13.8. The third-order valence-corrected chi connectivity index (χ3v) is 4.68. The Hall–Kier alpha value is -2.08. The summed E-state index contributed by atoms with van der Waals surface area (Å²) in [6, 6.07) is 7.51. The summed E-state index contributed by atoms with van der Waals surface area (Å²) in [6.45, 7) is 3.98. The van der Waals surface area contributed by atoms with Crippen LogP contribution in [0.4, 0.5) is 0 Å². The van der Waals surface area contributed by atoms with Crippen LogP contribution in [0.5, 0.6) is 5.75 Å². The van der Waals surface area contributed by atoms with Crippen molar-refractivity contribution in [2.24, 2.45) is 11.7 Å². The number of nitrogens with two attached hydrogens (primary N) is 1. The topological polar surface area (TPSA) is 85.9 Å². The van der Waals surface area contributed by atoms with Crippen LogP contribution in [0.3, 0.4) is 0 Å². The highest BCUT2D eigenvalue weighted by molar-refractivity contribution is 5.80. The van der Waals surface area contributed by atoms with Crippen molar-refractivity contribution in [1.82, 2.24) is 5.32 Å². The largest absolute Gasteiger partial charge is 0.496 e. The van der Waals surface area contributed by atoms with Crippen molar-refractivity contribution in [3.05, 3.63) is 29.8 Å². The van der Waals surface area contributed by atoms with Gasteiger partial charge in [0.25, 0.3) is 5.91 Å². The lowest BCUT2D eigenvalue weighted by Gasteiger charge is -2.31. The van der Waals surface area contributed by atoms with Gasteiger partial charge in [-0.25, -0.2) is 0 Å². The lowest BCUT2D eigenvalue weighted by molar-refractivity contribution is -0.919. The SMILES string of the molecule is COc1ccccc1CNC(=O)[C@@H](C)[NH+]1CCC(C(N)=O)CC1. The Morgan fingerprint density at radius 2 is 2.00 bits per heavy atom. The number of hydrogen-bond donors (Lipinski definition) is 3. The summed E-state index contributed by atoms with van der Waals surface area (Å²) in [5, 5.41) is 2.97. The second-order valence-corrected chi connectivity index (χ2v) is 6.09. The Labute approximate surface area is 137 Å². The fourth-order valence-corrected chi connectivity index (χ4v) is 3.08. The molecule has 6 nitrogen and oxygen atoms in total. The number of quaternary nitrogens is 1. The van der Waals surface area contributed by atoms with Gasteiger partial charge in [-0.3, -0.25) is 9.59 Å². The Bertz CT molecular complexity index is 554. The number of methoxy groups -OCH3 is 1. The van der Waals surface area contributed by atoms with E-state index in [4.69, 9.17) is 10.5 Å². The van der Waals surface area contributed by atoms with Crippen molar-refractivity contribution in [3.63, 3.8) is 0 Å². The van der Waals surface area contributed by atoms with Crippen molar-refractivity contribution >= 4 is 11.8 Å². The summed E-state index contributed by atoms with van der Waals surface area (Å²) < 4.78 is 5.29. The number of amides is 2. The fraction of sp³-hybridized carbons (Fsp3) is 0.529. The normalized spacial score (nSPS) is 22.2. The first-order chi connectivity index (χ1) is 11.0. The molecule has 1 fully saturated rings. The standard InChI is InChI=1S/C17H25N3O3/c1-12(20-9-7-13(8-10-20)16(18)21)17(22)19-11-14-5-3-4-6-15(14)23-2/h3-6,12-13H,7-11H2,1-2H3,(H2,18,21)(H,19,22)/p+1/t12-/m1/s1. The molecule has 1 aliphatic rings. The first-order valence-electron chi connectivity index (χ1n) is 8.06. The average Bonchev–Trinajstić information content (AvgIpc) is 2.59. The maximum Gasteiger partial charge on any atom is 0.278 e. The summed E-state index contributed by atoms with van der Waals surface area (Å²) in [4.78, 5) is 24.8. The fourth-order valence-electron chi connectivity index (χ4n) is 3.08. The van der Waals surface area contributed by atoms with E-state index in [1.165, 1.54) is 4.90 Å².